The van der Waals surface area contributed by atoms with E-state index in [1.165, 1.54) is 0 Å². The summed E-state index contributed by atoms with van der Waals surface area (Å²) in [4.78, 5) is 26.6. The first-order valence-electron chi connectivity index (χ1n) is 6.40. The fourth-order valence-electron chi connectivity index (χ4n) is 2.12. The van der Waals surface area contributed by atoms with Crippen LogP contribution in [0.25, 0.3) is 10.8 Å². The van der Waals surface area contributed by atoms with Gasteiger partial charge in [-0.3, -0.25) is 14.6 Å². The maximum absolute atomic E-state index is 11.9. The third-order valence-corrected chi connectivity index (χ3v) is 3.01. The lowest BCUT2D eigenvalue weighted by atomic mass is 10.0. The number of pyridine rings is 1. The molecule has 1 heterocycles. The summed E-state index contributed by atoms with van der Waals surface area (Å²) in [6, 6.07) is 7.43. The van der Waals surface area contributed by atoms with E-state index in [-0.39, 0.29) is 24.7 Å². The number of aliphatic carboxylic acids is 1. The van der Waals surface area contributed by atoms with E-state index in [1.54, 1.807) is 19.3 Å². The number of anilines is 1. The second kappa shape index (κ2) is 6.14. The van der Waals surface area contributed by atoms with E-state index in [0.29, 0.717) is 0 Å². The quantitative estimate of drug-likeness (QED) is 0.877. The highest BCUT2D eigenvalue weighted by Gasteiger charge is 2.13. The monoisotopic (exact) mass is 272 g/mol. The molecule has 1 aromatic heterocycles. The molecule has 2 aromatic rings. The first-order chi connectivity index (χ1) is 9.56. The van der Waals surface area contributed by atoms with E-state index < -0.39 is 5.97 Å². The minimum Gasteiger partial charge on any atom is -0.481 e. The highest BCUT2D eigenvalue weighted by Crippen LogP contribution is 2.22. The number of carboxylic acid groups (broad SMARTS) is 1. The van der Waals surface area contributed by atoms with Crippen LogP contribution in [0.5, 0.6) is 0 Å². The van der Waals surface area contributed by atoms with Crippen LogP contribution in [-0.2, 0) is 9.59 Å². The molecule has 1 atom stereocenters. The lowest BCUT2D eigenvalue weighted by Crippen LogP contribution is -2.17. The van der Waals surface area contributed by atoms with Crippen molar-refractivity contribution < 1.29 is 14.7 Å². The maximum Gasteiger partial charge on any atom is 0.303 e. The van der Waals surface area contributed by atoms with Gasteiger partial charge in [0.05, 0.1) is 0 Å². The van der Waals surface area contributed by atoms with Crippen LogP contribution in [0.1, 0.15) is 19.8 Å². The Labute approximate surface area is 116 Å². The van der Waals surface area contributed by atoms with Crippen LogP contribution in [0.15, 0.2) is 36.7 Å². The number of carbonyl (C=O) groups is 2. The summed E-state index contributed by atoms with van der Waals surface area (Å²) < 4.78 is 0. The van der Waals surface area contributed by atoms with Gasteiger partial charge in [-0.1, -0.05) is 19.1 Å². The number of hydrogen-bond donors (Lipinski definition) is 2. The molecule has 1 unspecified atom stereocenters. The summed E-state index contributed by atoms with van der Waals surface area (Å²) in [6.45, 7) is 1.75. The van der Waals surface area contributed by atoms with Gasteiger partial charge in [-0.25, -0.2) is 0 Å². The van der Waals surface area contributed by atoms with Crippen molar-refractivity contribution in [2.24, 2.45) is 5.92 Å². The van der Waals surface area contributed by atoms with Gasteiger partial charge in [0, 0.05) is 41.7 Å². The molecule has 0 radical (unpaired) electrons. The molecule has 0 fully saturated rings. The van der Waals surface area contributed by atoms with Crippen molar-refractivity contribution in [1.29, 1.82) is 0 Å². The first-order valence-corrected chi connectivity index (χ1v) is 6.40. The highest BCUT2D eigenvalue weighted by molar-refractivity contribution is 6.01. The summed E-state index contributed by atoms with van der Waals surface area (Å²) in [6.07, 6.45) is 3.59. The van der Waals surface area contributed by atoms with Crippen LogP contribution in [0.2, 0.25) is 0 Å². The topological polar surface area (TPSA) is 79.3 Å². The lowest BCUT2D eigenvalue weighted by Gasteiger charge is -2.11. The van der Waals surface area contributed by atoms with E-state index in [4.69, 9.17) is 5.11 Å². The number of amides is 1. The standard InChI is InChI=1S/C15H16N2O3/c1-10(8-15(19)20)7-14(18)17-13-4-2-3-11-9-16-6-5-12(11)13/h2-6,9-10H,7-8H2,1H3,(H,17,18)(H,19,20). The third kappa shape index (κ3) is 3.54. The van der Waals surface area contributed by atoms with Crippen molar-refractivity contribution >= 4 is 28.3 Å². The average Bonchev–Trinajstić information content (AvgIpc) is 2.38. The Kier molecular flexibility index (Phi) is 4.30. The van der Waals surface area contributed by atoms with Gasteiger partial charge in [0.25, 0.3) is 0 Å². The van der Waals surface area contributed by atoms with Crippen LogP contribution in [-0.4, -0.2) is 22.0 Å². The van der Waals surface area contributed by atoms with Gasteiger partial charge in [0.2, 0.25) is 5.91 Å². The Morgan fingerprint density at radius 2 is 2.10 bits per heavy atom. The maximum atomic E-state index is 11.9. The van der Waals surface area contributed by atoms with E-state index >= 15 is 0 Å². The van der Waals surface area contributed by atoms with E-state index in [0.717, 1.165) is 16.5 Å². The smallest absolute Gasteiger partial charge is 0.303 e. The number of carbonyl (C=O) groups excluding carboxylic acids is 1. The summed E-state index contributed by atoms with van der Waals surface area (Å²) in [5.74, 6) is -1.26. The molecule has 2 N–H and O–H groups in total. The van der Waals surface area contributed by atoms with Crippen molar-refractivity contribution in [3.63, 3.8) is 0 Å². The zero-order valence-electron chi connectivity index (χ0n) is 11.2. The van der Waals surface area contributed by atoms with Gasteiger partial charge in [-0.15, -0.1) is 0 Å². The Morgan fingerprint density at radius 3 is 2.85 bits per heavy atom. The fourth-order valence-corrected chi connectivity index (χ4v) is 2.12. The number of nitrogens with zero attached hydrogens (tertiary/aromatic N) is 1. The molecule has 0 aliphatic rings. The molecular weight excluding hydrogens is 256 g/mol. The van der Waals surface area contributed by atoms with Crippen LogP contribution in [0.3, 0.4) is 0 Å². The molecule has 0 saturated heterocycles. The number of benzene rings is 1. The van der Waals surface area contributed by atoms with E-state index in [1.807, 2.05) is 24.3 Å². The molecule has 0 saturated carbocycles. The number of carboxylic acids is 1. The van der Waals surface area contributed by atoms with Gasteiger partial charge in [-0.05, 0) is 18.1 Å². The number of hydrogen-bond acceptors (Lipinski definition) is 3. The zero-order chi connectivity index (χ0) is 14.5. The Balaban J connectivity index is 2.08. The SMILES string of the molecule is CC(CC(=O)O)CC(=O)Nc1cccc2cnccc12. The van der Waals surface area contributed by atoms with Crippen molar-refractivity contribution in [2.75, 3.05) is 5.32 Å². The largest absolute Gasteiger partial charge is 0.481 e. The summed E-state index contributed by atoms with van der Waals surface area (Å²) >= 11 is 0. The number of nitrogens with one attached hydrogen (secondary N) is 1. The van der Waals surface area contributed by atoms with Crippen LogP contribution in [0.4, 0.5) is 5.69 Å². The van der Waals surface area contributed by atoms with Gasteiger partial charge in [0.15, 0.2) is 0 Å². The van der Waals surface area contributed by atoms with Crippen LogP contribution >= 0.6 is 0 Å². The molecule has 0 aliphatic heterocycles. The molecule has 1 aromatic carbocycles. The molecular formula is C15H16N2O3. The van der Waals surface area contributed by atoms with Crippen molar-refractivity contribution in [3.05, 3.63) is 36.7 Å². The highest BCUT2D eigenvalue weighted by atomic mass is 16.4. The van der Waals surface area contributed by atoms with Gasteiger partial charge in [0.1, 0.15) is 0 Å². The molecule has 0 aliphatic carbocycles. The van der Waals surface area contributed by atoms with E-state index in [2.05, 4.69) is 10.3 Å². The second-order valence-corrected chi connectivity index (χ2v) is 4.86. The Morgan fingerprint density at radius 1 is 1.30 bits per heavy atom. The number of rotatable bonds is 5. The van der Waals surface area contributed by atoms with Gasteiger partial charge < -0.3 is 10.4 Å². The van der Waals surface area contributed by atoms with Crippen LogP contribution in [0, 0.1) is 5.92 Å². The van der Waals surface area contributed by atoms with Gasteiger partial charge in [-0.2, -0.15) is 0 Å². The molecule has 0 bridgehead atoms. The van der Waals surface area contributed by atoms with Crippen molar-refractivity contribution in [1.82, 2.24) is 4.98 Å². The minimum absolute atomic E-state index is 0.00707. The molecule has 5 heteroatoms. The third-order valence-electron chi connectivity index (χ3n) is 3.01. The number of fused-ring (bicyclic) bond motifs is 1. The zero-order valence-corrected chi connectivity index (χ0v) is 11.2. The van der Waals surface area contributed by atoms with E-state index in [9.17, 15) is 9.59 Å². The molecule has 1 amide bonds. The second-order valence-electron chi connectivity index (χ2n) is 4.86. The summed E-state index contributed by atoms with van der Waals surface area (Å²) in [5, 5.41) is 13.4. The molecule has 2 rings (SSSR count). The predicted molar refractivity (Wildman–Crippen MR) is 76.4 cm³/mol. The van der Waals surface area contributed by atoms with Gasteiger partial charge >= 0.3 is 5.97 Å². The van der Waals surface area contributed by atoms with Crippen LogP contribution < -0.4 is 5.32 Å². The normalized spacial score (nSPS) is 12.1. The fraction of sp³-hybridized carbons (Fsp3) is 0.267. The first kappa shape index (κ1) is 14.0. The Bertz CT molecular complexity index is 635. The lowest BCUT2D eigenvalue weighted by molar-refractivity contribution is -0.138. The van der Waals surface area contributed by atoms with Crippen molar-refractivity contribution in [2.45, 2.75) is 19.8 Å². The summed E-state index contributed by atoms with van der Waals surface area (Å²) in [5.41, 5.74) is 0.720. The molecule has 104 valence electrons. The number of aromatic nitrogens is 1. The average molecular weight is 272 g/mol. The molecule has 0 spiro atoms. The summed E-state index contributed by atoms with van der Waals surface area (Å²) in [7, 11) is 0. The van der Waals surface area contributed by atoms with Crippen molar-refractivity contribution in [3.8, 4) is 0 Å². The minimum atomic E-state index is -0.887. The molecule has 20 heavy (non-hydrogen) atoms. The predicted octanol–water partition coefficient (Wildman–Crippen LogP) is 2.67. The Hall–Kier alpha value is -2.43. The molecule has 5 nitrogen and oxygen atoms in total.